The topological polar surface area (TPSA) is 119 Å². The molecule has 1 aromatic rings. The summed E-state index contributed by atoms with van der Waals surface area (Å²) in [6, 6.07) is 0. The summed E-state index contributed by atoms with van der Waals surface area (Å²) >= 11 is 0. The van der Waals surface area contributed by atoms with Crippen LogP contribution in [0.5, 0.6) is 0 Å². The third-order valence-electron chi connectivity index (χ3n) is 1.94. The first-order valence-corrected chi connectivity index (χ1v) is 4.62. The summed E-state index contributed by atoms with van der Waals surface area (Å²) in [5, 5.41) is 14.1. The number of aliphatic carboxylic acids is 1. The zero-order valence-electron chi connectivity index (χ0n) is 8.69. The molecule has 1 rings (SSSR count). The maximum absolute atomic E-state index is 11.3. The van der Waals surface area contributed by atoms with Crippen molar-refractivity contribution in [3.63, 3.8) is 0 Å². The van der Waals surface area contributed by atoms with Crippen LogP contribution >= 0.6 is 0 Å². The molecule has 0 aliphatic carbocycles. The first kappa shape index (κ1) is 12.0. The molecule has 0 aliphatic heterocycles. The van der Waals surface area contributed by atoms with Gasteiger partial charge in [0, 0.05) is 20.0 Å². The van der Waals surface area contributed by atoms with Crippen LogP contribution in [0.2, 0.25) is 0 Å². The number of anilines is 1. The van der Waals surface area contributed by atoms with Gasteiger partial charge in [-0.25, -0.2) is 9.89 Å². The predicted octanol–water partition coefficient (Wildman–Crippen LogP) is -1.24. The molecule has 3 N–H and O–H groups in total. The molecule has 0 atom stereocenters. The van der Waals surface area contributed by atoms with E-state index in [-0.39, 0.29) is 12.2 Å². The summed E-state index contributed by atoms with van der Waals surface area (Å²) in [5.74, 6) is -0.832. The summed E-state index contributed by atoms with van der Waals surface area (Å²) < 4.78 is 0. The molecule has 0 spiro atoms. The highest BCUT2D eigenvalue weighted by Crippen LogP contribution is 1.99. The minimum absolute atomic E-state index is 0.0194. The van der Waals surface area contributed by atoms with Crippen LogP contribution in [0.25, 0.3) is 0 Å². The van der Waals surface area contributed by atoms with Gasteiger partial charge >= 0.3 is 11.7 Å². The Bertz CT molecular complexity index is 477. The monoisotopic (exact) mass is 228 g/mol. The van der Waals surface area contributed by atoms with E-state index in [1.54, 1.807) is 7.05 Å². The third kappa shape index (κ3) is 3.23. The molecule has 0 amide bonds. The van der Waals surface area contributed by atoms with Crippen LogP contribution < -0.4 is 16.1 Å². The number of aromatic nitrogens is 3. The molecule has 0 unspecified atom stereocenters. The molecule has 8 nitrogen and oxygen atoms in total. The molecule has 0 aromatic carbocycles. The first-order chi connectivity index (χ1) is 7.50. The Balaban J connectivity index is 2.66. The van der Waals surface area contributed by atoms with Gasteiger partial charge in [-0.2, -0.15) is 0 Å². The highest BCUT2D eigenvalue weighted by molar-refractivity contribution is 5.66. The molecule has 0 aliphatic rings. The predicted molar refractivity (Wildman–Crippen MR) is 55.6 cm³/mol. The van der Waals surface area contributed by atoms with Crippen molar-refractivity contribution in [3.05, 3.63) is 20.8 Å². The lowest BCUT2D eigenvalue weighted by Gasteiger charge is -2.15. The fourth-order valence-corrected chi connectivity index (χ4v) is 1.17. The largest absolute Gasteiger partial charge is 0.481 e. The minimum Gasteiger partial charge on any atom is -0.481 e. The van der Waals surface area contributed by atoms with Gasteiger partial charge in [-0.3, -0.25) is 14.6 Å². The molecule has 88 valence electrons. The SMILES string of the molecule is CN(CCCC(=O)O)c1n[nH]c(=O)[nH]c1=O. The van der Waals surface area contributed by atoms with E-state index in [1.165, 1.54) is 4.90 Å². The molecule has 1 aromatic heterocycles. The number of carboxylic acid groups (broad SMARTS) is 1. The zero-order valence-corrected chi connectivity index (χ0v) is 8.69. The highest BCUT2D eigenvalue weighted by atomic mass is 16.4. The molecule has 0 saturated heterocycles. The Hall–Kier alpha value is -2.12. The Morgan fingerprint density at radius 1 is 1.50 bits per heavy atom. The molecule has 0 saturated carbocycles. The fraction of sp³-hybridized carbons (Fsp3) is 0.500. The van der Waals surface area contributed by atoms with E-state index in [1.807, 2.05) is 4.98 Å². The van der Waals surface area contributed by atoms with Crippen LogP contribution in [0.3, 0.4) is 0 Å². The Labute approximate surface area is 89.9 Å². The molecule has 16 heavy (non-hydrogen) atoms. The lowest BCUT2D eigenvalue weighted by Crippen LogP contribution is -2.32. The number of rotatable bonds is 5. The van der Waals surface area contributed by atoms with E-state index in [4.69, 9.17) is 5.11 Å². The number of H-pyrrole nitrogens is 2. The smallest absolute Gasteiger partial charge is 0.342 e. The van der Waals surface area contributed by atoms with Gasteiger partial charge in [0.2, 0.25) is 5.82 Å². The molecule has 1 heterocycles. The molecule has 0 bridgehead atoms. The van der Waals surface area contributed by atoms with Gasteiger partial charge in [0.05, 0.1) is 0 Å². The van der Waals surface area contributed by atoms with Crippen LogP contribution in [0, 0.1) is 0 Å². The molecule has 0 fully saturated rings. The third-order valence-corrected chi connectivity index (χ3v) is 1.94. The number of carboxylic acids is 1. The quantitative estimate of drug-likeness (QED) is 0.580. The van der Waals surface area contributed by atoms with Crippen LogP contribution in [0.4, 0.5) is 5.82 Å². The van der Waals surface area contributed by atoms with Crippen LogP contribution in [0.1, 0.15) is 12.8 Å². The van der Waals surface area contributed by atoms with Crippen LogP contribution in [-0.4, -0.2) is 39.8 Å². The lowest BCUT2D eigenvalue weighted by molar-refractivity contribution is -0.137. The molecule has 8 heteroatoms. The van der Waals surface area contributed by atoms with Crippen molar-refractivity contribution in [2.45, 2.75) is 12.8 Å². The van der Waals surface area contributed by atoms with Crippen molar-refractivity contribution in [2.24, 2.45) is 0 Å². The van der Waals surface area contributed by atoms with E-state index >= 15 is 0 Å². The normalized spacial score (nSPS) is 10.1. The second kappa shape index (κ2) is 5.10. The summed E-state index contributed by atoms with van der Waals surface area (Å²) in [4.78, 5) is 35.8. The van der Waals surface area contributed by atoms with Gasteiger partial charge in [-0.15, -0.1) is 5.10 Å². The van der Waals surface area contributed by atoms with E-state index in [2.05, 4.69) is 10.2 Å². The standard InChI is InChI=1S/C8H12N4O4/c1-12(4-2-3-5(13)14)6-7(15)9-8(16)11-10-6/h2-4H2,1H3,(H,13,14)(H2,9,11,15,16). The Morgan fingerprint density at radius 3 is 2.75 bits per heavy atom. The highest BCUT2D eigenvalue weighted by Gasteiger charge is 2.08. The second-order valence-electron chi connectivity index (χ2n) is 3.25. The van der Waals surface area contributed by atoms with Crippen molar-refractivity contribution in [1.82, 2.24) is 15.2 Å². The average Bonchev–Trinajstić information content (AvgIpc) is 2.16. The number of nitrogens with one attached hydrogen (secondary N) is 2. The van der Waals surface area contributed by atoms with Crippen molar-refractivity contribution in [2.75, 3.05) is 18.5 Å². The van der Waals surface area contributed by atoms with Crippen molar-refractivity contribution in [3.8, 4) is 0 Å². The van der Waals surface area contributed by atoms with E-state index < -0.39 is 17.2 Å². The first-order valence-electron chi connectivity index (χ1n) is 4.62. The van der Waals surface area contributed by atoms with Crippen LogP contribution in [0.15, 0.2) is 9.59 Å². The summed E-state index contributed by atoms with van der Waals surface area (Å²) in [6.45, 7) is 0.369. The summed E-state index contributed by atoms with van der Waals surface area (Å²) in [6.07, 6.45) is 0.414. The summed E-state index contributed by atoms with van der Waals surface area (Å²) in [7, 11) is 1.59. The number of nitrogens with zero attached hydrogens (tertiary/aromatic N) is 2. The van der Waals surface area contributed by atoms with Gasteiger partial charge in [0.15, 0.2) is 0 Å². The molecular weight excluding hydrogens is 216 g/mol. The van der Waals surface area contributed by atoms with Gasteiger partial charge in [0.1, 0.15) is 0 Å². The zero-order chi connectivity index (χ0) is 12.1. The fourth-order valence-electron chi connectivity index (χ4n) is 1.17. The van der Waals surface area contributed by atoms with Crippen molar-refractivity contribution >= 4 is 11.8 Å². The maximum atomic E-state index is 11.3. The van der Waals surface area contributed by atoms with Crippen molar-refractivity contribution in [1.29, 1.82) is 0 Å². The maximum Gasteiger partial charge on any atom is 0.342 e. The van der Waals surface area contributed by atoms with Crippen LogP contribution in [-0.2, 0) is 4.79 Å². The number of carbonyl (C=O) groups is 1. The van der Waals surface area contributed by atoms with Gasteiger partial charge in [0.25, 0.3) is 5.56 Å². The lowest BCUT2D eigenvalue weighted by atomic mass is 10.3. The minimum atomic E-state index is -0.892. The average molecular weight is 228 g/mol. The number of hydrogen-bond acceptors (Lipinski definition) is 5. The summed E-state index contributed by atoms with van der Waals surface area (Å²) in [5.41, 5.74) is -1.27. The molecular formula is C8H12N4O4. The Kier molecular flexibility index (Phi) is 3.81. The number of aromatic amines is 2. The van der Waals surface area contributed by atoms with E-state index in [0.717, 1.165) is 0 Å². The van der Waals surface area contributed by atoms with Gasteiger partial charge < -0.3 is 10.0 Å². The van der Waals surface area contributed by atoms with Gasteiger partial charge in [-0.1, -0.05) is 0 Å². The van der Waals surface area contributed by atoms with Gasteiger partial charge in [-0.05, 0) is 6.42 Å². The van der Waals surface area contributed by atoms with E-state index in [0.29, 0.717) is 13.0 Å². The molecule has 0 radical (unpaired) electrons. The Morgan fingerprint density at radius 2 is 2.19 bits per heavy atom. The second-order valence-corrected chi connectivity index (χ2v) is 3.25. The van der Waals surface area contributed by atoms with Crippen molar-refractivity contribution < 1.29 is 9.90 Å². The number of hydrogen-bond donors (Lipinski definition) is 3. The van der Waals surface area contributed by atoms with E-state index in [9.17, 15) is 14.4 Å².